The minimum absolute atomic E-state index is 0.0819. The second-order valence-electron chi connectivity index (χ2n) is 7.17. The summed E-state index contributed by atoms with van der Waals surface area (Å²) in [6.07, 6.45) is 3.02. The Bertz CT molecular complexity index is 933. The third-order valence-corrected chi connectivity index (χ3v) is 7.25. The molecule has 27 heavy (non-hydrogen) atoms. The average molecular weight is 410 g/mol. The Kier molecular flexibility index (Phi) is 5.29. The van der Waals surface area contributed by atoms with Crippen LogP contribution in [-0.2, 0) is 22.9 Å². The number of nitrogens with zero attached hydrogens (tertiary/aromatic N) is 5. The van der Waals surface area contributed by atoms with E-state index in [0.717, 1.165) is 32.0 Å². The molecule has 0 spiro atoms. The molecule has 2 aromatic rings. The van der Waals surface area contributed by atoms with E-state index in [1.165, 1.54) is 0 Å². The van der Waals surface area contributed by atoms with Crippen molar-refractivity contribution in [3.63, 3.8) is 0 Å². The first-order valence-corrected chi connectivity index (χ1v) is 11.4. The molecular formula is C17H23N5O3S2. The molecule has 2 aliphatic rings. The van der Waals surface area contributed by atoms with E-state index in [9.17, 15) is 8.42 Å². The molecule has 2 fully saturated rings. The summed E-state index contributed by atoms with van der Waals surface area (Å²) in [6, 6.07) is 5.95. The van der Waals surface area contributed by atoms with E-state index in [2.05, 4.69) is 19.9 Å². The van der Waals surface area contributed by atoms with E-state index in [-0.39, 0.29) is 17.4 Å². The van der Waals surface area contributed by atoms with Crippen molar-refractivity contribution in [3.05, 3.63) is 35.1 Å². The summed E-state index contributed by atoms with van der Waals surface area (Å²) in [5, 5.41) is 4.48. The molecule has 0 aromatic carbocycles. The van der Waals surface area contributed by atoms with Crippen LogP contribution in [-0.4, -0.2) is 65.8 Å². The summed E-state index contributed by atoms with van der Waals surface area (Å²) < 4.78 is 30.5. The molecule has 10 heteroatoms. The quantitative estimate of drug-likeness (QED) is 0.685. The third kappa shape index (κ3) is 4.56. The Morgan fingerprint density at radius 3 is 2.70 bits per heavy atom. The van der Waals surface area contributed by atoms with Crippen LogP contribution < -0.4 is 4.90 Å². The van der Waals surface area contributed by atoms with Crippen LogP contribution >= 0.6 is 12.2 Å². The maximum atomic E-state index is 11.6. The van der Waals surface area contributed by atoms with Gasteiger partial charge in [-0.2, -0.15) is 0 Å². The molecule has 1 atom stereocenters. The van der Waals surface area contributed by atoms with Crippen LogP contribution in [0.4, 0.5) is 5.82 Å². The zero-order chi connectivity index (χ0) is 18.9. The monoisotopic (exact) mass is 409 g/mol. The molecule has 2 aromatic heterocycles. The van der Waals surface area contributed by atoms with Gasteiger partial charge in [0.15, 0.2) is 9.84 Å². The van der Waals surface area contributed by atoms with E-state index in [4.69, 9.17) is 16.6 Å². The summed E-state index contributed by atoms with van der Waals surface area (Å²) >= 11 is 5.30. The van der Waals surface area contributed by atoms with Crippen molar-refractivity contribution < 1.29 is 12.8 Å². The van der Waals surface area contributed by atoms with E-state index < -0.39 is 9.84 Å². The van der Waals surface area contributed by atoms with Crippen molar-refractivity contribution in [1.82, 2.24) is 19.7 Å². The average Bonchev–Trinajstić information content (AvgIpc) is 3.18. The van der Waals surface area contributed by atoms with Gasteiger partial charge in [-0.15, -0.1) is 5.10 Å². The fraction of sp³-hybridized carbons (Fsp3) is 0.588. The molecule has 0 amide bonds. The van der Waals surface area contributed by atoms with Crippen LogP contribution in [0.2, 0.25) is 0 Å². The van der Waals surface area contributed by atoms with Crippen LogP contribution in [0.25, 0.3) is 0 Å². The number of sulfone groups is 1. The minimum Gasteiger partial charge on any atom is -0.414 e. The van der Waals surface area contributed by atoms with E-state index in [1.54, 1.807) is 4.68 Å². The van der Waals surface area contributed by atoms with Crippen molar-refractivity contribution >= 4 is 27.9 Å². The Balaban J connectivity index is 1.33. The van der Waals surface area contributed by atoms with Gasteiger partial charge in [0.1, 0.15) is 5.82 Å². The Morgan fingerprint density at radius 1 is 1.22 bits per heavy atom. The molecule has 146 valence electrons. The number of hydrogen-bond acceptors (Lipinski definition) is 8. The number of piperazine rings is 1. The normalized spacial score (nSPS) is 23.0. The Hall–Kier alpha value is -1.78. The van der Waals surface area contributed by atoms with Gasteiger partial charge in [0.25, 0.3) is 4.84 Å². The van der Waals surface area contributed by atoms with Crippen LogP contribution in [0, 0.1) is 10.8 Å². The highest BCUT2D eigenvalue weighted by Gasteiger charge is 2.29. The largest absolute Gasteiger partial charge is 0.414 e. The first-order valence-electron chi connectivity index (χ1n) is 9.14. The van der Waals surface area contributed by atoms with E-state index >= 15 is 0 Å². The highest BCUT2D eigenvalue weighted by Crippen LogP contribution is 2.22. The first-order chi connectivity index (χ1) is 13.0. The Morgan fingerprint density at radius 2 is 2.04 bits per heavy atom. The van der Waals surface area contributed by atoms with Crippen molar-refractivity contribution in [2.24, 2.45) is 5.92 Å². The van der Waals surface area contributed by atoms with Gasteiger partial charge < -0.3 is 9.32 Å². The van der Waals surface area contributed by atoms with Gasteiger partial charge in [-0.1, -0.05) is 6.07 Å². The topological polar surface area (TPSA) is 84.5 Å². The standard InChI is InChI=1S/C17H23N5O3S2/c23-27(24)10-4-14(12-27)11-16-19-22(17(26)25-16)13-20-6-8-21(9-7-20)15-3-1-2-5-18-15/h1-3,5,14H,4,6-13H2/t14-/m0/s1. The lowest BCUT2D eigenvalue weighted by atomic mass is 10.1. The predicted molar refractivity (Wildman–Crippen MR) is 104 cm³/mol. The fourth-order valence-corrected chi connectivity index (χ4v) is 5.71. The second kappa shape index (κ2) is 7.69. The van der Waals surface area contributed by atoms with Gasteiger partial charge in [0.2, 0.25) is 5.89 Å². The lowest BCUT2D eigenvalue weighted by Gasteiger charge is -2.34. The molecule has 8 nitrogen and oxygen atoms in total. The number of pyridine rings is 1. The Labute approximate surface area is 163 Å². The lowest BCUT2D eigenvalue weighted by Crippen LogP contribution is -2.47. The van der Waals surface area contributed by atoms with Crippen molar-refractivity contribution in [2.75, 3.05) is 42.6 Å². The SMILES string of the molecule is O=S1(=O)CC[C@@H](Cc2nn(CN3CCN(c4ccccn4)CC3)c(=S)o2)C1. The minimum atomic E-state index is -2.89. The summed E-state index contributed by atoms with van der Waals surface area (Å²) in [4.78, 5) is 9.30. The van der Waals surface area contributed by atoms with Gasteiger partial charge in [-0.05, 0) is 36.7 Å². The smallest absolute Gasteiger partial charge is 0.288 e. The molecule has 0 bridgehead atoms. The number of anilines is 1. The zero-order valence-electron chi connectivity index (χ0n) is 15.0. The third-order valence-electron chi connectivity index (χ3n) is 5.12. The molecular weight excluding hydrogens is 386 g/mol. The number of hydrogen-bond donors (Lipinski definition) is 0. The highest BCUT2D eigenvalue weighted by molar-refractivity contribution is 7.91. The summed E-state index contributed by atoms with van der Waals surface area (Å²) in [5.41, 5.74) is 0. The molecule has 0 saturated carbocycles. The maximum Gasteiger partial charge on any atom is 0.288 e. The molecule has 0 radical (unpaired) electrons. The maximum absolute atomic E-state index is 11.6. The lowest BCUT2D eigenvalue weighted by molar-refractivity contribution is 0.192. The molecule has 2 saturated heterocycles. The highest BCUT2D eigenvalue weighted by atomic mass is 32.2. The second-order valence-corrected chi connectivity index (χ2v) is 9.75. The van der Waals surface area contributed by atoms with Crippen molar-refractivity contribution in [2.45, 2.75) is 19.5 Å². The zero-order valence-corrected chi connectivity index (χ0v) is 16.7. The number of aromatic nitrogens is 3. The molecule has 0 aliphatic carbocycles. The van der Waals surface area contributed by atoms with Gasteiger partial charge in [-0.3, -0.25) is 4.90 Å². The van der Waals surface area contributed by atoms with E-state index in [1.807, 2.05) is 24.4 Å². The first kappa shape index (κ1) is 18.6. The van der Waals surface area contributed by atoms with E-state index in [0.29, 0.717) is 30.2 Å². The van der Waals surface area contributed by atoms with Crippen molar-refractivity contribution in [3.8, 4) is 0 Å². The summed E-state index contributed by atoms with van der Waals surface area (Å²) in [7, 11) is -2.89. The predicted octanol–water partition coefficient (Wildman–Crippen LogP) is 1.36. The van der Waals surface area contributed by atoms with Crippen LogP contribution in [0.5, 0.6) is 0 Å². The molecule has 2 aliphatic heterocycles. The molecule has 4 heterocycles. The molecule has 0 N–H and O–H groups in total. The van der Waals surface area contributed by atoms with Gasteiger partial charge >= 0.3 is 0 Å². The van der Waals surface area contributed by atoms with Crippen LogP contribution in [0.15, 0.2) is 28.8 Å². The molecule has 4 rings (SSSR count). The van der Waals surface area contributed by atoms with Gasteiger partial charge in [-0.25, -0.2) is 18.1 Å². The summed E-state index contributed by atoms with van der Waals surface area (Å²) in [6.45, 7) is 4.16. The fourth-order valence-electron chi connectivity index (χ4n) is 3.65. The van der Waals surface area contributed by atoms with Gasteiger partial charge in [0, 0.05) is 38.8 Å². The van der Waals surface area contributed by atoms with Gasteiger partial charge in [0.05, 0.1) is 18.2 Å². The summed E-state index contributed by atoms with van der Waals surface area (Å²) in [5.74, 6) is 2.11. The van der Waals surface area contributed by atoms with Crippen LogP contribution in [0.3, 0.4) is 0 Å². The number of rotatable bonds is 5. The molecule has 0 unspecified atom stereocenters. The van der Waals surface area contributed by atoms with Crippen LogP contribution in [0.1, 0.15) is 12.3 Å². The van der Waals surface area contributed by atoms with Crippen molar-refractivity contribution in [1.29, 1.82) is 0 Å².